The first-order valence-corrected chi connectivity index (χ1v) is 8.99. The molecule has 26 heavy (non-hydrogen) atoms. The molecule has 1 unspecified atom stereocenters. The Balaban J connectivity index is 1.54. The van der Waals surface area contributed by atoms with Gasteiger partial charge in [-0.15, -0.1) is 0 Å². The SMILES string of the molecule is COc1ccc(C(C)CC(=O)N2CCN(c3ccccc3F)CC2)cc1. The van der Waals surface area contributed by atoms with Crippen molar-refractivity contribution in [3.8, 4) is 5.75 Å². The van der Waals surface area contributed by atoms with E-state index in [1.165, 1.54) is 6.07 Å². The summed E-state index contributed by atoms with van der Waals surface area (Å²) in [5.74, 6) is 0.913. The molecule has 2 aromatic rings. The lowest BCUT2D eigenvalue weighted by molar-refractivity contribution is -0.131. The van der Waals surface area contributed by atoms with Crippen molar-refractivity contribution in [3.05, 3.63) is 59.9 Å². The van der Waals surface area contributed by atoms with Crippen molar-refractivity contribution in [2.75, 3.05) is 38.2 Å². The maximum absolute atomic E-state index is 13.9. The zero-order chi connectivity index (χ0) is 18.5. The van der Waals surface area contributed by atoms with Gasteiger partial charge in [-0.2, -0.15) is 0 Å². The van der Waals surface area contributed by atoms with E-state index in [9.17, 15) is 9.18 Å². The lowest BCUT2D eigenvalue weighted by Crippen LogP contribution is -2.49. The van der Waals surface area contributed by atoms with Gasteiger partial charge in [0, 0.05) is 32.6 Å². The van der Waals surface area contributed by atoms with Crippen molar-refractivity contribution >= 4 is 11.6 Å². The normalized spacial score (nSPS) is 15.7. The Bertz CT molecular complexity index is 740. The van der Waals surface area contributed by atoms with Crippen molar-refractivity contribution in [1.29, 1.82) is 0 Å². The topological polar surface area (TPSA) is 32.8 Å². The van der Waals surface area contributed by atoms with Gasteiger partial charge in [-0.3, -0.25) is 4.79 Å². The Morgan fingerprint density at radius 1 is 1.08 bits per heavy atom. The van der Waals surface area contributed by atoms with E-state index < -0.39 is 0 Å². The molecule has 1 aliphatic heterocycles. The molecule has 2 aromatic carbocycles. The van der Waals surface area contributed by atoms with Gasteiger partial charge in [-0.05, 0) is 35.7 Å². The van der Waals surface area contributed by atoms with Crippen LogP contribution in [0.4, 0.5) is 10.1 Å². The number of anilines is 1. The van der Waals surface area contributed by atoms with Crippen LogP contribution >= 0.6 is 0 Å². The van der Waals surface area contributed by atoms with Crippen LogP contribution in [0.25, 0.3) is 0 Å². The zero-order valence-corrected chi connectivity index (χ0v) is 15.3. The van der Waals surface area contributed by atoms with E-state index >= 15 is 0 Å². The third-order valence-electron chi connectivity index (χ3n) is 4.99. The van der Waals surface area contributed by atoms with Crippen molar-refractivity contribution in [1.82, 2.24) is 4.90 Å². The van der Waals surface area contributed by atoms with Crippen molar-refractivity contribution in [3.63, 3.8) is 0 Å². The standard InChI is InChI=1S/C21H25FN2O2/c1-16(17-7-9-18(26-2)10-8-17)15-21(25)24-13-11-23(12-14-24)20-6-4-3-5-19(20)22/h3-10,16H,11-15H2,1-2H3. The van der Waals surface area contributed by atoms with Crippen LogP contribution in [-0.2, 0) is 4.79 Å². The molecule has 1 fully saturated rings. The Morgan fingerprint density at radius 2 is 1.73 bits per heavy atom. The number of piperazine rings is 1. The summed E-state index contributed by atoms with van der Waals surface area (Å²) >= 11 is 0. The Morgan fingerprint density at radius 3 is 2.35 bits per heavy atom. The number of benzene rings is 2. The minimum Gasteiger partial charge on any atom is -0.497 e. The number of amides is 1. The average molecular weight is 356 g/mol. The summed E-state index contributed by atoms with van der Waals surface area (Å²) in [4.78, 5) is 16.5. The molecular weight excluding hydrogens is 331 g/mol. The van der Waals surface area contributed by atoms with E-state index in [0.717, 1.165) is 11.3 Å². The molecule has 0 radical (unpaired) electrons. The van der Waals surface area contributed by atoms with Gasteiger partial charge >= 0.3 is 0 Å². The molecular formula is C21H25FN2O2. The highest BCUT2D eigenvalue weighted by atomic mass is 19.1. The maximum atomic E-state index is 13.9. The molecule has 1 saturated heterocycles. The summed E-state index contributed by atoms with van der Waals surface area (Å²) in [6, 6.07) is 14.7. The monoisotopic (exact) mass is 356 g/mol. The molecule has 0 spiro atoms. The summed E-state index contributed by atoms with van der Waals surface area (Å²) < 4.78 is 19.1. The summed E-state index contributed by atoms with van der Waals surface area (Å²) in [6.07, 6.45) is 0.478. The summed E-state index contributed by atoms with van der Waals surface area (Å²) in [5, 5.41) is 0. The molecule has 0 saturated carbocycles. The van der Waals surface area contributed by atoms with Crippen LogP contribution in [0.3, 0.4) is 0 Å². The maximum Gasteiger partial charge on any atom is 0.223 e. The first-order valence-electron chi connectivity index (χ1n) is 8.99. The van der Waals surface area contributed by atoms with E-state index in [1.807, 2.05) is 40.1 Å². The van der Waals surface area contributed by atoms with Gasteiger partial charge in [-0.25, -0.2) is 4.39 Å². The molecule has 1 atom stereocenters. The van der Waals surface area contributed by atoms with Crippen LogP contribution in [0, 0.1) is 5.82 Å². The number of halogens is 1. The molecule has 3 rings (SSSR count). The Kier molecular flexibility index (Phi) is 5.76. The molecule has 1 heterocycles. The van der Waals surface area contributed by atoms with E-state index in [-0.39, 0.29) is 17.6 Å². The van der Waals surface area contributed by atoms with Crippen LogP contribution in [0.5, 0.6) is 5.75 Å². The number of rotatable bonds is 5. The molecule has 0 aromatic heterocycles. The van der Waals surface area contributed by atoms with Gasteiger partial charge in [0.15, 0.2) is 0 Å². The number of carbonyl (C=O) groups is 1. The number of nitrogens with zero attached hydrogens (tertiary/aromatic N) is 2. The molecule has 0 N–H and O–H groups in total. The number of methoxy groups -OCH3 is 1. The van der Waals surface area contributed by atoms with Gasteiger partial charge < -0.3 is 14.5 Å². The number of ether oxygens (including phenoxy) is 1. The average Bonchev–Trinajstić information content (AvgIpc) is 2.68. The fourth-order valence-corrected chi connectivity index (χ4v) is 3.35. The van der Waals surface area contributed by atoms with Gasteiger partial charge in [0.1, 0.15) is 11.6 Å². The van der Waals surface area contributed by atoms with Crippen LogP contribution in [-0.4, -0.2) is 44.1 Å². The molecule has 0 bridgehead atoms. The predicted octanol–water partition coefficient (Wildman–Crippen LogP) is 3.68. The second kappa shape index (κ2) is 8.21. The fourth-order valence-electron chi connectivity index (χ4n) is 3.35. The Labute approximate surface area is 154 Å². The highest BCUT2D eigenvalue weighted by Crippen LogP contribution is 2.24. The first kappa shape index (κ1) is 18.2. The smallest absolute Gasteiger partial charge is 0.223 e. The minimum atomic E-state index is -0.208. The number of carbonyl (C=O) groups excluding carboxylic acids is 1. The highest BCUT2D eigenvalue weighted by molar-refractivity contribution is 5.77. The third-order valence-corrected chi connectivity index (χ3v) is 4.99. The second-order valence-electron chi connectivity index (χ2n) is 6.70. The quantitative estimate of drug-likeness (QED) is 0.819. The second-order valence-corrected chi connectivity index (χ2v) is 6.70. The third kappa shape index (κ3) is 4.15. The summed E-state index contributed by atoms with van der Waals surface area (Å²) in [5.41, 5.74) is 1.75. The van der Waals surface area contributed by atoms with Gasteiger partial charge in [0.2, 0.25) is 5.91 Å². The van der Waals surface area contributed by atoms with E-state index in [0.29, 0.717) is 38.3 Å². The zero-order valence-electron chi connectivity index (χ0n) is 15.3. The highest BCUT2D eigenvalue weighted by Gasteiger charge is 2.24. The first-order chi connectivity index (χ1) is 12.6. The van der Waals surface area contributed by atoms with Gasteiger partial charge in [0.25, 0.3) is 0 Å². The minimum absolute atomic E-state index is 0.151. The van der Waals surface area contributed by atoms with Crippen LogP contribution in [0.15, 0.2) is 48.5 Å². The molecule has 138 valence electrons. The van der Waals surface area contributed by atoms with Crippen LogP contribution in [0.1, 0.15) is 24.8 Å². The van der Waals surface area contributed by atoms with E-state index in [2.05, 4.69) is 6.92 Å². The largest absolute Gasteiger partial charge is 0.497 e. The molecule has 5 heteroatoms. The number of hydrogen-bond donors (Lipinski definition) is 0. The van der Waals surface area contributed by atoms with Crippen LogP contribution in [0.2, 0.25) is 0 Å². The van der Waals surface area contributed by atoms with E-state index in [4.69, 9.17) is 4.74 Å². The van der Waals surface area contributed by atoms with Gasteiger partial charge in [-0.1, -0.05) is 31.2 Å². The molecule has 4 nitrogen and oxygen atoms in total. The number of para-hydroxylation sites is 1. The lowest BCUT2D eigenvalue weighted by atomic mass is 9.97. The van der Waals surface area contributed by atoms with Gasteiger partial charge in [0.05, 0.1) is 12.8 Å². The molecule has 0 aliphatic carbocycles. The molecule has 1 aliphatic rings. The molecule has 1 amide bonds. The number of hydrogen-bond acceptors (Lipinski definition) is 3. The predicted molar refractivity (Wildman–Crippen MR) is 101 cm³/mol. The van der Waals surface area contributed by atoms with Crippen molar-refractivity contribution in [2.45, 2.75) is 19.3 Å². The summed E-state index contributed by atoms with van der Waals surface area (Å²) in [7, 11) is 1.64. The van der Waals surface area contributed by atoms with Crippen LogP contribution < -0.4 is 9.64 Å². The Hall–Kier alpha value is -2.56. The van der Waals surface area contributed by atoms with E-state index in [1.54, 1.807) is 19.2 Å². The summed E-state index contributed by atoms with van der Waals surface area (Å²) in [6.45, 7) is 4.63. The fraction of sp³-hybridized carbons (Fsp3) is 0.381. The van der Waals surface area contributed by atoms with Crippen molar-refractivity contribution in [2.24, 2.45) is 0 Å². The lowest BCUT2D eigenvalue weighted by Gasteiger charge is -2.36. The van der Waals surface area contributed by atoms with Crippen molar-refractivity contribution < 1.29 is 13.9 Å².